The summed E-state index contributed by atoms with van der Waals surface area (Å²) in [6.45, 7) is 3.75. The van der Waals surface area contributed by atoms with Gasteiger partial charge in [0.1, 0.15) is 11.5 Å². The van der Waals surface area contributed by atoms with Gasteiger partial charge in [-0.2, -0.15) is 0 Å². The Hall–Kier alpha value is -4.14. The van der Waals surface area contributed by atoms with Gasteiger partial charge in [-0.25, -0.2) is 0 Å². The second-order valence-corrected chi connectivity index (χ2v) is 16.1. The van der Waals surface area contributed by atoms with Crippen molar-refractivity contribution < 1.29 is 28.7 Å². The lowest BCUT2D eigenvalue weighted by molar-refractivity contribution is -0.623. The van der Waals surface area contributed by atoms with E-state index in [-0.39, 0.29) is 59.2 Å². The second-order valence-electron chi connectivity index (χ2n) is 15.4. The van der Waals surface area contributed by atoms with Crippen molar-refractivity contribution in [2.75, 3.05) is 34.6 Å². The Kier molecular flexibility index (Phi) is 5.56. The molecule has 0 bridgehead atoms. The third-order valence-electron chi connectivity index (χ3n) is 14.0. The molecule has 6 fully saturated rings. The highest BCUT2D eigenvalue weighted by atomic mass is 35.5. The van der Waals surface area contributed by atoms with Gasteiger partial charge >= 0.3 is 11.9 Å². The predicted molar refractivity (Wildman–Crippen MR) is 188 cm³/mol. The van der Waals surface area contributed by atoms with Crippen LogP contribution in [0.25, 0.3) is 21.5 Å². The Labute approximate surface area is 297 Å². The fraction of sp³-hybridized carbons (Fsp3) is 0.400. The normalized spacial score (nSPS) is 35.2. The van der Waals surface area contributed by atoms with Crippen LogP contribution in [0.3, 0.4) is 0 Å². The molecule has 4 aromatic carbocycles. The highest BCUT2D eigenvalue weighted by Gasteiger charge is 3.13. The van der Waals surface area contributed by atoms with Gasteiger partial charge in [0.25, 0.3) is 0 Å². The molecule has 6 saturated carbocycles. The molecule has 2 amide bonds. The topological polar surface area (TPSA) is 93.2 Å². The number of amides is 2. The van der Waals surface area contributed by atoms with E-state index in [2.05, 4.69) is 0 Å². The molecule has 0 saturated heterocycles. The molecular formula is C40H32Cl2N2O6. The standard InChI is InChI=1S/C40H32Cl2N2O6/c1-17(45)49-27-11-25-29(23-9-5-3-7-21(23)27)19(13-41)15-43(25)37(47)39-31-34-32(39)36-33(39)35(31)40(34,36)38(48)44-16-20(14-42)30-24-10-6-4-8-22(24)28(12-26(30)44)50-18(2)46/h3-12,19-20,31-36H,13-16H2,1-2H3. The third-order valence-corrected chi connectivity index (χ3v) is 14.7. The summed E-state index contributed by atoms with van der Waals surface area (Å²) in [4.78, 5) is 57.5. The highest BCUT2D eigenvalue weighted by molar-refractivity contribution is 6.20. The van der Waals surface area contributed by atoms with Gasteiger partial charge in [-0.05, 0) is 57.4 Å². The number of benzene rings is 4. The molecule has 6 aliphatic carbocycles. The van der Waals surface area contributed by atoms with E-state index in [1.165, 1.54) is 13.8 Å². The summed E-state index contributed by atoms with van der Waals surface area (Å²) in [5.41, 5.74) is 2.82. The first-order valence-corrected chi connectivity index (χ1v) is 18.5. The number of hydrogen-bond acceptors (Lipinski definition) is 6. The quantitative estimate of drug-likeness (QED) is 0.127. The number of carbonyl (C=O) groups excluding carboxylic acids is 4. The minimum absolute atomic E-state index is 0.0368. The summed E-state index contributed by atoms with van der Waals surface area (Å²) in [5, 5.41) is 3.56. The summed E-state index contributed by atoms with van der Waals surface area (Å²) in [6.07, 6.45) is 0. The molecule has 0 spiro atoms. The van der Waals surface area contributed by atoms with E-state index in [4.69, 9.17) is 32.7 Å². The van der Waals surface area contributed by atoms with Crippen LogP contribution in [-0.4, -0.2) is 48.6 Å². The monoisotopic (exact) mass is 706 g/mol. The van der Waals surface area contributed by atoms with Crippen LogP contribution in [0.15, 0.2) is 60.7 Å². The van der Waals surface area contributed by atoms with Crippen molar-refractivity contribution >= 4 is 79.9 Å². The van der Waals surface area contributed by atoms with Crippen LogP contribution in [0, 0.1) is 46.3 Å². The van der Waals surface area contributed by atoms with Crippen molar-refractivity contribution in [3.63, 3.8) is 0 Å². The number of hydrogen-bond donors (Lipinski definition) is 0. The average Bonchev–Trinajstić information content (AvgIpc) is 3.69. The molecule has 2 heterocycles. The number of anilines is 2. The van der Waals surface area contributed by atoms with Gasteiger partial charge in [-0.15, -0.1) is 23.2 Å². The minimum Gasteiger partial charge on any atom is -0.426 e. The molecule has 252 valence electrons. The zero-order valence-electron chi connectivity index (χ0n) is 27.3. The van der Waals surface area contributed by atoms with Crippen molar-refractivity contribution in [2.24, 2.45) is 46.3 Å². The van der Waals surface area contributed by atoms with Gasteiger partial charge in [-0.1, -0.05) is 48.5 Å². The van der Waals surface area contributed by atoms with Crippen LogP contribution in [0.5, 0.6) is 11.5 Å². The van der Waals surface area contributed by atoms with E-state index in [9.17, 15) is 19.2 Å². The Bertz CT molecular complexity index is 2110. The SMILES string of the molecule is CC(=O)Oc1cc2c(c3ccccc13)C(CCl)CN2C(=O)C12C3C4C1C1C2C3C41C(=O)N1CC(CCl)c2c1cc(OC(C)=O)c1ccccc21. The Morgan fingerprint density at radius 3 is 1.28 bits per heavy atom. The van der Waals surface area contributed by atoms with E-state index in [1.807, 2.05) is 70.5 Å². The zero-order valence-corrected chi connectivity index (χ0v) is 28.8. The molecule has 12 rings (SSSR count). The van der Waals surface area contributed by atoms with Crippen molar-refractivity contribution in [2.45, 2.75) is 25.7 Å². The molecule has 50 heavy (non-hydrogen) atoms. The molecule has 0 radical (unpaired) electrons. The number of alkyl halides is 2. The summed E-state index contributed by atoms with van der Waals surface area (Å²) in [6, 6.07) is 19.3. The fourth-order valence-electron chi connectivity index (χ4n) is 12.8. The number of fused-ring (bicyclic) bond motifs is 6. The molecule has 2 unspecified atom stereocenters. The number of ether oxygens (including phenoxy) is 2. The molecular weight excluding hydrogens is 675 g/mol. The van der Waals surface area contributed by atoms with Crippen LogP contribution < -0.4 is 19.3 Å². The fourth-order valence-corrected chi connectivity index (χ4v) is 13.3. The first kappa shape index (κ1) is 29.6. The van der Waals surface area contributed by atoms with Gasteiger partial charge in [0.2, 0.25) is 11.8 Å². The lowest BCUT2D eigenvalue weighted by Gasteiger charge is -3.09. The van der Waals surface area contributed by atoms with Crippen molar-refractivity contribution in [1.29, 1.82) is 0 Å². The molecule has 0 aromatic heterocycles. The average molecular weight is 708 g/mol. The Balaban J connectivity index is 0.921. The number of nitrogens with zero attached hydrogens (tertiary/aromatic N) is 2. The van der Waals surface area contributed by atoms with Crippen LogP contribution in [0.2, 0.25) is 0 Å². The van der Waals surface area contributed by atoms with Gasteiger partial charge in [0, 0.05) is 73.4 Å². The van der Waals surface area contributed by atoms with E-state index in [0.29, 0.717) is 36.3 Å². The molecule has 4 aromatic rings. The molecule has 2 atom stereocenters. The summed E-state index contributed by atoms with van der Waals surface area (Å²) >= 11 is 13.1. The largest absolute Gasteiger partial charge is 0.426 e. The van der Waals surface area contributed by atoms with Crippen molar-refractivity contribution in [3.8, 4) is 11.5 Å². The van der Waals surface area contributed by atoms with Crippen LogP contribution in [0.4, 0.5) is 11.4 Å². The third kappa shape index (κ3) is 2.93. The smallest absolute Gasteiger partial charge is 0.308 e. The maximum atomic E-state index is 14.8. The second kappa shape index (κ2) is 9.39. The summed E-state index contributed by atoms with van der Waals surface area (Å²) in [7, 11) is 0. The lowest BCUT2D eigenvalue weighted by atomic mass is 8.92. The number of esters is 2. The lowest BCUT2D eigenvalue weighted by Crippen LogP contribution is -3.12. The Morgan fingerprint density at radius 1 is 0.620 bits per heavy atom. The molecule has 0 N–H and O–H groups in total. The van der Waals surface area contributed by atoms with Crippen LogP contribution in [0.1, 0.15) is 36.8 Å². The number of carbonyl (C=O) groups is 4. The molecule has 8 nitrogen and oxygen atoms in total. The number of halogens is 2. The number of rotatable bonds is 6. The minimum atomic E-state index is -0.412. The van der Waals surface area contributed by atoms with Crippen molar-refractivity contribution in [1.82, 2.24) is 0 Å². The highest BCUT2D eigenvalue weighted by Crippen LogP contribution is 3.10. The maximum Gasteiger partial charge on any atom is 0.308 e. The maximum absolute atomic E-state index is 14.8. The van der Waals surface area contributed by atoms with Gasteiger partial charge in [0.05, 0.1) is 22.2 Å². The van der Waals surface area contributed by atoms with E-state index in [0.717, 1.165) is 44.0 Å². The van der Waals surface area contributed by atoms with Crippen molar-refractivity contribution in [3.05, 3.63) is 71.8 Å². The summed E-state index contributed by atoms with van der Waals surface area (Å²) < 4.78 is 11.3. The first-order valence-electron chi connectivity index (χ1n) is 17.4. The van der Waals surface area contributed by atoms with E-state index < -0.39 is 22.8 Å². The van der Waals surface area contributed by atoms with Gasteiger partial charge in [-0.3, -0.25) is 19.2 Å². The van der Waals surface area contributed by atoms with Crippen LogP contribution >= 0.6 is 23.2 Å². The van der Waals surface area contributed by atoms with Crippen LogP contribution in [-0.2, 0) is 19.2 Å². The first-order chi connectivity index (χ1) is 24.2. The predicted octanol–water partition coefficient (Wildman–Crippen LogP) is 6.62. The molecule has 2 aliphatic heterocycles. The zero-order chi connectivity index (χ0) is 34.2. The van der Waals surface area contributed by atoms with Gasteiger partial charge < -0.3 is 19.3 Å². The Morgan fingerprint density at radius 2 is 0.960 bits per heavy atom. The molecule has 8 aliphatic rings. The summed E-state index contributed by atoms with van der Waals surface area (Å²) in [5.74, 6) is 2.31. The van der Waals surface area contributed by atoms with E-state index >= 15 is 0 Å². The molecule has 10 heteroatoms. The van der Waals surface area contributed by atoms with E-state index in [1.54, 1.807) is 0 Å². The van der Waals surface area contributed by atoms with Gasteiger partial charge in [0.15, 0.2) is 0 Å².